The molecule has 178 valence electrons. The number of aromatic nitrogens is 3. The largest absolute Gasteiger partial charge is 0.336 e. The molecule has 0 atom stereocenters. The van der Waals surface area contributed by atoms with Gasteiger partial charge in [0.25, 0.3) is 0 Å². The number of carbonyl (C=O) groups is 2. The molecule has 1 heterocycles. The highest BCUT2D eigenvalue weighted by Gasteiger charge is 2.18. The number of amides is 2. The van der Waals surface area contributed by atoms with E-state index >= 15 is 0 Å². The number of aryl methyl sites for hydroxylation is 1. The Morgan fingerprint density at radius 3 is 2.26 bits per heavy atom. The number of para-hydroxylation sites is 1. The third kappa shape index (κ3) is 6.58. The van der Waals surface area contributed by atoms with Gasteiger partial charge >= 0.3 is 0 Å². The van der Waals surface area contributed by atoms with Crippen LogP contribution in [0.3, 0.4) is 0 Å². The Hall–Kier alpha value is -3.91. The molecular weight excluding hydrogens is 458 g/mol. The topological polar surface area (TPSA) is 80.1 Å². The van der Waals surface area contributed by atoms with Gasteiger partial charge < -0.3 is 10.2 Å². The smallest absolute Gasteiger partial charge is 0.243 e. The minimum atomic E-state index is -0.243. The van der Waals surface area contributed by atoms with E-state index in [4.69, 9.17) is 0 Å². The Labute approximate surface area is 209 Å². The third-order valence-corrected chi connectivity index (χ3v) is 6.30. The van der Waals surface area contributed by atoms with Gasteiger partial charge in [-0.3, -0.25) is 14.2 Å². The molecular formula is C27H27N5O2S. The van der Waals surface area contributed by atoms with Crippen molar-refractivity contribution >= 4 is 29.3 Å². The van der Waals surface area contributed by atoms with E-state index in [0.717, 1.165) is 22.6 Å². The first-order valence-electron chi connectivity index (χ1n) is 11.3. The molecule has 1 N–H and O–H groups in total. The lowest BCUT2D eigenvalue weighted by Crippen LogP contribution is -2.36. The first-order valence-corrected chi connectivity index (χ1v) is 12.2. The van der Waals surface area contributed by atoms with Crippen LogP contribution < -0.4 is 5.32 Å². The normalized spacial score (nSPS) is 10.7. The summed E-state index contributed by atoms with van der Waals surface area (Å²) in [6, 6.07) is 27.5. The second kappa shape index (κ2) is 11.5. The van der Waals surface area contributed by atoms with Gasteiger partial charge in [-0.1, -0.05) is 78.0 Å². The van der Waals surface area contributed by atoms with E-state index in [-0.39, 0.29) is 24.1 Å². The maximum Gasteiger partial charge on any atom is 0.243 e. The number of carbonyl (C=O) groups excluding carboxylic acids is 2. The molecule has 0 bridgehead atoms. The predicted molar refractivity (Wildman–Crippen MR) is 139 cm³/mol. The average Bonchev–Trinajstić information content (AvgIpc) is 3.27. The number of nitrogens with zero attached hydrogens (tertiary/aromatic N) is 4. The van der Waals surface area contributed by atoms with Gasteiger partial charge in [-0.25, -0.2) is 0 Å². The summed E-state index contributed by atoms with van der Waals surface area (Å²) in [6.07, 6.45) is 0.621. The molecule has 0 radical (unpaired) electrons. The second-order valence-corrected chi connectivity index (χ2v) is 9.13. The Kier molecular flexibility index (Phi) is 7.95. The molecule has 0 aliphatic heterocycles. The standard InChI is InChI=1S/C27H27N5O2S/c1-20-13-15-22(16-14-20)28-25(33)18-31(2)26(34)19-35-27-30-29-24(17-21-9-5-3-6-10-21)32(27)23-11-7-4-8-12-23/h3-16H,17-19H2,1-2H3,(H,28,33). The minimum absolute atomic E-state index is 0.0299. The summed E-state index contributed by atoms with van der Waals surface area (Å²) in [5.74, 6) is 0.529. The van der Waals surface area contributed by atoms with Crippen molar-refractivity contribution in [2.45, 2.75) is 18.5 Å². The molecule has 3 aromatic carbocycles. The molecule has 2 amide bonds. The first-order chi connectivity index (χ1) is 17.0. The second-order valence-electron chi connectivity index (χ2n) is 8.18. The number of thioether (sulfide) groups is 1. The fourth-order valence-corrected chi connectivity index (χ4v) is 4.41. The van der Waals surface area contributed by atoms with E-state index < -0.39 is 0 Å². The highest BCUT2D eigenvalue weighted by Crippen LogP contribution is 2.24. The summed E-state index contributed by atoms with van der Waals surface area (Å²) in [5, 5.41) is 12.2. The van der Waals surface area contributed by atoms with E-state index in [1.165, 1.54) is 16.7 Å². The highest BCUT2D eigenvalue weighted by molar-refractivity contribution is 7.99. The van der Waals surface area contributed by atoms with Crippen LogP contribution in [-0.4, -0.2) is 50.8 Å². The van der Waals surface area contributed by atoms with Gasteiger partial charge in [-0.2, -0.15) is 0 Å². The molecule has 4 rings (SSSR count). The summed E-state index contributed by atoms with van der Waals surface area (Å²) in [5.41, 5.74) is 3.88. The Morgan fingerprint density at radius 1 is 0.914 bits per heavy atom. The number of likely N-dealkylation sites (N-methyl/N-ethyl adjacent to an activating group) is 1. The zero-order valence-electron chi connectivity index (χ0n) is 19.7. The summed E-state index contributed by atoms with van der Waals surface area (Å²) in [4.78, 5) is 26.5. The number of nitrogens with one attached hydrogen (secondary N) is 1. The summed E-state index contributed by atoms with van der Waals surface area (Å²) in [6.45, 7) is 1.96. The van der Waals surface area contributed by atoms with E-state index in [2.05, 4.69) is 27.6 Å². The van der Waals surface area contributed by atoms with Crippen LogP contribution in [0.25, 0.3) is 5.69 Å². The van der Waals surface area contributed by atoms with Crippen LogP contribution in [0.1, 0.15) is 17.0 Å². The van der Waals surface area contributed by atoms with Crippen LogP contribution in [0, 0.1) is 6.92 Å². The van der Waals surface area contributed by atoms with Gasteiger partial charge in [0.15, 0.2) is 5.16 Å². The van der Waals surface area contributed by atoms with E-state index in [1.54, 1.807) is 7.05 Å². The van der Waals surface area contributed by atoms with Gasteiger partial charge in [-0.05, 0) is 36.8 Å². The fraction of sp³-hybridized carbons (Fsp3) is 0.185. The van der Waals surface area contributed by atoms with Gasteiger partial charge in [0.1, 0.15) is 5.82 Å². The zero-order chi connectivity index (χ0) is 24.6. The van der Waals surface area contributed by atoms with Crippen molar-refractivity contribution in [2.75, 3.05) is 24.7 Å². The van der Waals surface area contributed by atoms with Gasteiger partial charge in [0, 0.05) is 24.8 Å². The Morgan fingerprint density at radius 2 is 1.57 bits per heavy atom. The summed E-state index contributed by atoms with van der Waals surface area (Å²) in [7, 11) is 1.63. The molecule has 0 aliphatic carbocycles. The molecule has 0 spiro atoms. The summed E-state index contributed by atoms with van der Waals surface area (Å²) < 4.78 is 1.98. The number of hydrogen-bond acceptors (Lipinski definition) is 5. The van der Waals surface area contributed by atoms with Crippen LogP contribution in [-0.2, 0) is 16.0 Å². The first kappa shape index (κ1) is 24.2. The number of hydrogen-bond donors (Lipinski definition) is 1. The van der Waals surface area contributed by atoms with E-state index in [1.807, 2.05) is 84.3 Å². The summed E-state index contributed by atoms with van der Waals surface area (Å²) >= 11 is 1.31. The van der Waals surface area contributed by atoms with Crippen molar-refractivity contribution in [2.24, 2.45) is 0 Å². The molecule has 0 saturated carbocycles. The lowest BCUT2D eigenvalue weighted by Gasteiger charge is -2.17. The molecule has 1 aromatic heterocycles. The van der Waals surface area contributed by atoms with Crippen molar-refractivity contribution in [1.29, 1.82) is 0 Å². The Balaban J connectivity index is 1.41. The average molecular weight is 486 g/mol. The monoisotopic (exact) mass is 485 g/mol. The molecule has 0 unspecified atom stereocenters. The maximum absolute atomic E-state index is 12.8. The van der Waals surface area contributed by atoms with Crippen molar-refractivity contribution in [3.05, 3.63) is 102 Å². The predicted octanol–water partition coefficient (Wildman–Crippen LogP) is 4.36. The lowest BCUT2D eigenvalue weighted by molar-refractivity contribution is -0.131. The molecule has 0 saturated heterocycles. The molecule has 4 aromatic rings. The van der Waals surface area contributed by atoms with Gasteiger partial charge in [0.2, 0.25) is 11.8 Å². The molecule has 35 heavy (non-hydrogen) atoms. The van der Waals surface area contributed by atoms with Crippen LogP contribution in [0.5, 0.6) is 0 Å². The van der Waals surface area contributed by atoms with Crippen LogP contribution in [0.2, 0.25) is 0 Å². The van der Waals surface area contributed by atoms with E-state index in [0.29, 0.717) is 17.3 Å². The zero-order valence-corrected chi connectivity index (χ0v) is 20.5. The molecule has 0 fully saturated rings. The number of benzene rings is 3. The quantitative estimate of drug-likeness (QED) is 0.357. The number of anilines is 1. The van der Waals surface area contributed by atoms with Crippen LogP contribution in [0.4, 0.5) is 5.69 Å². The van der Waals surface area contributed by atoms with Crippen molar-refractivity contribution in [3.8, 4) is 5.69 Å². The molecule has 7 nitrogen and oxygen atoms in total. The van der Waals surface area contributed by atoms with Crippen molar-refractivity contribution in [1.82, 2.24) is 19.7 Å². The van der Waals surface area contributed by atoms with Crippen LogP contribution in [0.15, 0.2) is 90.1 Å². The molecule has 0 aliphatic rings. The fourth-order valence-electron chi connectivity index (χ4n) is 3.50. The lowest BCUT2D eigenvalue weighted by atomic mass is 10.1. The van der Waals surface area contributed by atoms with Crippen molar-refractivity contribution < 1.29 is 9.59 Å². The minimum Gasteiger partial charge on any atom is -0.336 e. The van der Waals surface area contributed by atoms with E-state index in [9.17, 15) is 9.59 Å². The molecule has 8 heteroatoms. The highest BCUT2D eigenvalue weighted by atomic mass is 32.2. The third-order valence-electron chi connectivity index (χ3n) is 5.39. The Bertz CT molecular complexity index is 1270. The van der Waals surface area contributed by atoms with Gasteiger partial charge in [-0.15, -0.1) is 10.2 Å². The number of rotatable bonds is 9. The van der Waals surface area contributed by atoms with Crippen molar-refractivity contribution in [3.63, 3.8) is 0 Å². The SMILES string of the molecule is Cc1ccc(NC(=O)CN(C)C(=O)CSc2nnc(Cc3ccccc3)n2-c2ccccc2)cc1. The maximum atomic E-state index is 12.8. The van der Waals surface area contributed by atoms with Crippen LogP contribution >= 0.6 is 11.8 Å². The van der Waals surface area contributed by atoms with Gasteiger partial charge in [0.05, 0.1) is 12.3 Å².